The van der Waals surface area contributed by atoms with E-state index in [9.17, 15) is 4.79 Å². The molecule has 0 aliphatic heterocycles. The topological polar surface area (TPSA) is 64.1 Å². The number of nitrogens with zero attached hydrogens (tertiary/aromatic N) is 2. The van der Waals surface area contributed by atoms with Crippen LogP contribution in [0.3, 0.4) is 0 Å². The fourth-order valence-electron chi connectivity index (χ4n) is 2.16. The van der Waals surface area contributed by atoms with E-state index < -0.39 is 5.91 Å². The van der Waals surface area contributed by atoms with Crippen LogP contribution in [0.25, 0.3) is 11.0 Å². The Labute approximate surface area is 138 Å². The molecule has 0 aliphatic rings. The number of rotatable bonds is 4. The number of carbonyl (C=O) groups is 1. The number of anilines is 1. The summed E-state index contributed by atoms with van der Waals surface area (Å²) in [5, 5.41) is 2.83. The molecule has 23 heavy (non-hydrogen) atoms. The van der Waals surface area contributed by atoms with Gasteiger partial charge < -0.3 is 10.1 Å². The lowest BCUT2D eigenvalue weighted by molar-refractivity contribution is 0.102. The minimum absolute atomic E-state index is 0.0649. The molecule has 3 aromatic rings. The molecule has 0 fully saturated rings. The van der Waals surface area contributed by atoms with Crippen LogP contribution < -0.4 is 10.1 Å². The molecule has 1 N–H and O–H groups in total. The van der Waals surface area contributed by atoms with Crippen molar-refractivity contribution in [1.29, 1.82) is 0 Å². The zero-order valence-electron chi connectivity index (χ0n) is 12.4. The van der Waals surface area contributed by atoms with E-state index >= 15 is 0 Å². The quantitative estimate of drug-likeness (QED) is 0.788. The van der Waals surface area contributed by atoms with Gasteiger partial charge in [0, 0.05) is 0 Å². The van der Waals surface area contributed by atoms with Gasteiger partial charge in [0.25, 0.3) is 5.91 Å². The van der Waals surface area contributed by atoms with Crippen molar-refractivity contribution in [1.82, 2.24) is 9.97 Å². The van der Waals surface area contributed by atoms with Gasteiger partial charge in [0.15, 0.2) is 10.8 Å². The average molecular weight is 328 g/mol. The molecule has 5 nitrogen and oxygen atoms in total. The Bertz CT molecular complexity index is 867. The maximum absolute atomic E-state index is 12.5. The van der Waals surface area contributed by atoms with Crippen LogP contribution in [-0.2, 0) is 0 Å². The molecule has 0 radical (unpaired) electrons. The molecule has 0 spiro atoms. The molecule has 116 valence electrons. The lowest BCUT2D eigenvalue weighted by Crippen LogP contribution is -2.16. The third-order valence-corrected chi connectivity index (χ3v) is 3.44. The fraction of sp³-hybridized carbons (Fsp3) is 0.118. The average Bonchev–Trinajstić information content (AvgIpc) is 2.56. The first-order chi connectivity index (χ1) is 11.2. The van der Waals surface area contributed by atoms with E-state index in [1.165, 1.54) is 0 Å². The van der Waals surface area contributed by atoms with Gasteiger partial charge in [-0.25, -0.2) is 9.97 Å². The predicted molar refractivity (Wildman–Crippen MR) is 90.1 cm³/mol. The van der Waals surface area contributed by atoms with Gasteiger partial charge in [-0.15, -0.1) is 0 Å². The van der Waals surface area contributed by atoms with Crippen LogP contribution in [0, 0.1) is 0 Å². The Morgan fingerprint density at radius 2 is 1.74 bits per heavy atom. The molecule has 6 heteroatoms. The van der Waals surface area contributed by atoms with E-state index in [2.05, 4.69) is 15.3 Å². The summed E-state index contributed by atoms with van der Waals surface area (Å²) in [7, 11) is 0. The molecule has 1 amide bonds. The molecule has 0 aliphatic carbocycles. The third kappa shape index (κ3) is 3.24. The van der Waals surface area contributed by atoms with E-state index in [-0.39, 0.29) is 10.8 Å². The number of ether oxygens (including phenoxy) is 1. The minimum atomic E-state index is -0.430. The third-order valence-electron chi connectivity index (χ3n) is 3.18. The van der Waals surface area contributed by atoms with E-state index in [4.69, 9.17) is 16.3 Å². The summed E-state index contributed by atoms with van der Waals surface area (Å²) in [5.41, 5.74) is 1.89. The van der Waals surface area contributed by atoms with Gasteiger partial charge in [-0.3, -0.25) is 4.79 Å². The van der Waals surface area contributed by atoms with Crippen molar-refractivity contribution in [3.63, 3.8) is 0 Å². The standard InChI is InChI=1S/C17H14ClN3O2/c1-2-23-14-10-6-5-9-13(14)21-17(22)15-16(18)20-12-8-4-3-7-11(12)19-15/h3-10H,2H2,1H3,(H,21,22). The molecule has 2 aromatic carbocycles. The van der Waals surface area contributed by atoms with Gasteiger partial charge >= 0.3 is 0 Å². The molecule has 1 heterocycles. The van der Waals surface area contributed by atoms with Crippen molar-refractivity contribution in [2.45, 2.75) is 6.92 Å². The number of aromatic nitrogens is 2. The first-order valence-corrected chi connectivity index (χ1v) is 7.52. The Kier molecular flexibility index (Phi) is 4.39. The monoisotopic (exact) mass is 327 g/mol. The summed E-state index contributed by atoms with van der Waals surface area (Å²) < 4.78 is 5.49. The van der Waals surface area contributed by atoms with Crippen molar-refractivity contribution in [2.75, 3.05) is 11.9 Å². The van der Waals surface area contributed by atoms with Crippen LogP contribution in [0.2, 0.25) is 5.15 Å². The van der Waals surface area contributed by atoms with Gasteiger partial charge in [0.2, 0.25) is 0 Å². The number of benzene rings is 2. The van der Waals surface area contributed by atoms with Crippen LogP contribution in [0.15, 0.2) is 48.5 Å². The number of amides is 1. The largest absolute Gasteiger partial charge is 0.492 e. The lowest BCUT2D eigenvalue weighted by atomic mass is 10.2. The first-order valence-electron chi connectivity index (χ1n) is 7.14. The van der Waals surface area contributed by atoms with E-state index in [1.54, 1.807) is 24.3 Å². The highest BCUT2D eigenvalue weighted by molar-refractivity contribution is 6.33. The highest BCUT2D eigenvalue weighted by Crippen LogP contribution is 2.25. The second-order valence-corrected chi connectivity index (χ2v) is 5.09. The number of fused-ring (bicyclic) bond motifs is 1. The number of hydrogen-bond donors (Lipinski definition) is 1. The first kappa shape index (κ1) is 15.2. The number of para-hydroxylation sites is 4. The Morgan fingerprint density at radius 1 is 1.09 bits per heavy atom. The zero-order chi connectivity index (χ0) is 16.2. The van der Waals surface area contributed by atoms with Gasteiger partial charge in [0.05, 0.1) is 23.3 Å². The highest BCUT2D eigenvalue weighted by atomic mass is 35.5. The molecule has 0 atom stereocenters. The van der Waals surface area contributed by atoms with Crippen molar-refractivity contribution < 1.29 is 9.53 Å². The van der Waals surface area contributed by atoms with Crippen molar-refractivity contribution in [2.24, 2.45) is 0 Å². The van der Waals surface area contributed by atoms with Crippen LogP contribution in [0.4, 0.5) is 5.69 Å². The Morgan fingerprint density at radius 3 is 2.48 bits per heavy atom. The normalized spacial score (nSPS) is 10.5. The number of hydrogen-bond acceptors (Lipinski definition) is 4. The van der Waals surface area contributed by atoms with Crippen molar-refractivity contribution in [3.8, 4) is 5.75 Å². The molecular formula is C17H14ClN3O2. The van der Waals surface area contributed by atoms with Gasteiger partial charge in [-0.05, 0) is 31.2 Å². The molecule has 0 unspecified atom stereocenters. The van der Waals surface area contributed by atoms with Gasteiger partial charge in [-0.1, -0.05) is 35.9 Å². The molecule has 1 aromatic heterocycles. The van der Waals surface area contributed by atoms with Gasteiger partial charge in [0.1, 0.15) is 5.75 Å². The molecular weight excluding hydrogens is 314 g/mol. The number of nitrogens with one attached hydrogen (secondary N) is 1. The number of halogens is 1. The Balaban J connectivity index is 1.93. The van der Waals surface area contributed by atoms with Crippen LogP contribution in [0.1, 0.15) is 17.4 Å². The van der Waals surface area contributed by atoms with Crippen molar-refractivity contribution in [3.05, 3.63) is 59.4 Å². The Hall–Kier alpha value is -2.66. The summed E-state index contributed by atoms with van der Waals surface area (Å²) in [4.78, 5) is 21.0. The summed E-state index contributed by atoms with van der Waals surface area (Å²) in [6.45, 7) is 2.38. The summed E-state index contributed by atoms with van der Waals surface area (Å²) in [6.07, 6.45) is 0. The lowest BCUT2D eigenvalue weighted by Gasteiger charge is -2.11. The van der Waals surface area contributed by atoms with E-state index in [0.717, 1.165) is 0 Å². The van der Waals surface area contributed by atoms with Crippen molar-refractivity contribution >= 4 is 34.2 Å². The van der Waals surface area contributed by atoms with Gasteiger partial charge in [-0.2, -0.15) is 0 Å². The van der Waals surface area contributed by atoms with E-state index in [0.29, 0.717) is 29.1 Å². The predicted octanol–water partition coefficient (Wildman–Crippen LogP) is 3.93. The fourth-order valence-corrected chi connectivity index (χ4v) is 2.37. The molecule has 0 saturated carbocycles. The summed E-state index contributed by atoms with van der Waals surface area (Å²) >= 11 is 6.10. The zero-order valence-corrected chi connectivity index (χ0v) is 13.2. The molecule has 0 bridgehead atoms. The number of carbonyl (C=O) groups excluding carboxylic acids is 1. The summed E-state index contributed by atoms with van der Waals surface area (Å²) in [6, 6.07) is 14.4. The van der Waals surface area contributed by atoms with Crippen LogP contribution >= 0.6 is 11.6 Å². The second-order valence-electron chi connectivity index (χ2n) is 4.74. The SMILES string of the molecule is CCOc1ccccc1NC(=O)c1nc2ccccc2nc1Cl. The smallest absolute Gasteiger partial charge is 0.277 e. The minimum Gasteiger partial charge on any atom is -0.492 e. The maximum atomic E-state index is 12.5. The molecule has 0 saturated heterocycles. The van der Waals surface area contributed by atoms with E-state index in [1.807, 2.05) is 31.2 Å². The van der Waals surface area contributed by atoms with Crippen LogP contribution in [0.5, 0.6) is 5.75 Å². The highest BCUT2D eigenvalue weighted by Gasteiger charge is 2.16. The maximum Gasteiger partial charge on any atom is 0.277 e. The molecule has 3 rings (SSSR count). The second kappa shape index (κ2) is 6.62. The summed E-state index contributed by atoms with van der Waals surface area (Å²) in [5.74, 6) is 0.161. The van der Waals surface area contributed by atoms with Crippen LogP contribution in [-0.4, -0.2) is 22.5 Å².